The molecule has 11 heavy (non-hydrogen) atoms. The van der Waals surface area contributed by atoms with Gasteiger partial charge in [-0.1, -0.05) is 13.8 Å². The van der Waals surface area contributed by atoms with Crippen molar-refractivity contribution < 1.29 is 15.1 Å². The molecule has 0 aromatic heterocycles. The minimum absolute atomic E-state index is 0.346. The molecule has 68 valence electrons. The molecule has 3 heteroatoms. The Hall–Kier alpha value is 0.423. The first-order chi connectivity index (χ1) is 4.88. The van der Waals surface area contributed by atoms with Crippen molar-refractivity contribution in [2.45, 2.75) is 13.8 Å². The number of halogens is 2. The van der Waals surface area contributed by atoms with E-state index in [1.807, 2.05) is 13.8 Å². The zero-order valence-corrected chi connectivity index (χ0v) is 10.2. The van der Waals surface area contributed by atoms with E-state index in [0.29, 0.717) is 0 Å². The summed E-state index contributed by atoms with van der Waals surface area (Å²) < 4.78 is 0. The van der Waals surface area contributed by atoms with E-state index < -0.39 is 0 Å². The Balaban J connectivity index is -0.0000000886. The van der Waals surface area contributed by atoms with Crippen LogP contribution in [0.4, 0.5) is 0 Å². The molecule has 0 saturated heterocycles. The average molecular weight is 282 g/mol. The Morgan fingerprint density at radius 2 is 1.09 bits per heavy atom. The molecule has 0 bridgehead atoms. The van der Waals surface area contributed by atoms with Crippen molar-refractivity contribution in [3.05, 3.63) is 38.2 Å². The van der Waals surface area contributed by atoms with Crippen molar-refractivity contribution in [3.8, 4) is 0 Å². The summed E-state index contributed by atoms with van der Waals surface area (Å²) in [6.07, 6.45) is 0. The van der Waals surface area contributed by atoms with E-state index in [2.05, 4.69) is 27.0 Å². The van der Waals surface area contributed by atoms with Gasteiger partial charge >= 0.3 is 34.5 Å². The fraction of sp³-hybridized carbons (Fsp3) is 0.250. The van der Waals surface area contributed by atoms with Crippen LogP contribution in [0.2, 0.25) is 0 Å². The quantitative estimate of drug-likeness (QED) is 0.462. The topological polar surface area (TPSA) is 0 Å². The standard InChI is InChI=1S/2C4H7.2ClH.Ru/c2*1-4(2)3;;;/h2*1-2H2,3H3;2*1H;/q2*-1;;;+4/p-2. The molecule has 0 nitrogen and oxygen atoms in total. The average Bonchev–Trinajstić information content (AvgIpc) is 1.60. The molecule has 0 aromatic rings. The van der Waals surface area contributed by atoms with Gasteiger partial charge in [-0.25, -0.2) is 38.2 Å². The predicted octanol–water partition coefficient (Wildman–Crippen LogP) is 4.17. The first-order valence-corrected chi connectivity index (χ1v) is 7.16. The first-order valence-electron chi connectivity index (χ1n) is 2.68. The van der Waals surface area contributed by atoms with Crippen molar-refractivity contribution in [3.63, 3.8) is 0 Å². The second-order valence-electron chi connectivity index (χ2n) is 1.96. The Labute approximate surface area is 86.3 Å². The van der Waals surface area contributed by atoms with Crippen molar-refractivity contribution in [1.82, 2.24) is 0 Å². The summed E-state index contributed by atoms with van der Waals surface area (Å²) in [5.74, 6) is 0. The molecule has 0 atom stereocenters. The van der Waals surface area contributed by atoms with Gasteiger partial charge in [-0.3, -0.25) is 0 Å². The number of hydrogen-bond donors (Lipinski definition) is 0. The third-order valence-corrected chi connectivity index (χ3v) is 0. The first kappa shape index (κ1) is 17.5. The SMILES string of the molecule is C=C([CH2-])C.C=C([CH2-])C.[Cl][Ru+2][Cl]. The van der Waals surface area contributed by atoms with E-state index in [9.17, 15) is 0 Å². The van der Waals surface area contributed by atoms with Gasteiger partial charge in [0.2, 0.25) is 0 Å². The third kappa shape index (κ3) is 4130. The summed E-state index contributed by atoms with van der Waals surface area (Å²) in [6.45, 7) is 17.5. The van der Waals surface area contributed by atoms with Gasteiger partial charge in [0.05, 0.1) is 0 Å². The summed E-state index contributed by atoms with van der Waals surface area (Å²) in [6, 6.07) is 0. The Kier molecular flexibility index (Phi) is 26.7. The molecule has 0 amide bonds. The number of hydrogen-bond acceptors (Lipinski definition) is 0. The van der Waals surface area contributed by atoms with Crippen LogP contribution in [-0.2, 0) is 15.1 Å². The van der Waals surface area contributed by atoms with Crippen LogP contribution >= 0.6 is 19.4 Å². The third-order valence-electron chi connectivity index (χ3n) is 0. The second kappa shape index (κ2) is 16.8. The molecular formula is C8H14Cl2Ru. The van der Waals surface area contributed by atoms with Crippen molar-refractivity contribution in [2.24, 2.45) is 0 Å². The van der Waals surface area contributed by atoms with Crippen LogP contribution in [0.25, 0.3) is 0 Å². The van der Waals surface area contributed by atoms with Gasteiger partial charge in [-0.05, 0) is 0 Å². The van der Waals surface area contributed by atoms with E-state index in [1.54, 1.807) is 0 Å². The molecule has 0 aliphatic heterocycles. The van der Waals surface area contributed by atoms with Crippen LogP contribution in [0.1, 0.15) is 13.8 Å². The second-order valence-corrected chi connectivity index (χ2v) is 4.60. The van der Waals surface area contributed by atoms with Gasteiger partial charge in [-0.2, -0.15) is 0 Å². The maximum atomic E-state index is 4.85. The zero-order chi connectivity index (χ0) is 9.86. The van der Waals surface area contributed by atoms with E-state index in [1.165, 1.54) is 0 Å². The summed E-state index contributed by atoms with van der Waals surface area (Å²) >= 11 is -0.346. The van der Waals surface area contributed by atoms with E-state index in [4.69, 9.17) is 19.4 Å². The van der Waals surface area contributed by atoms with Crippen LogP contribution in [-0.4, -0.2) is 0 Å². The van der Waals surface area contributed by atoms with Gasteiger partial charge in [0.25, 0.3) is 0 Å². The number of rotatable bonds is 0. The molecule has 0 aliphatic rings. The molecule has 0 unspecified atom stereocenters. The number of allylic oxidation sites excluding steroid dienone is 2. The van der Waals surface area contributed by atoms with Crippen molar-refractivity contribution >= 4 is 19.4 Å². The monoisotopic (exact) mass is 282 g/mol. The van der Waals surface area contributed by atoms with E-state index in [0.717, 1.165) is 11.1 Å². The normalized spacial score (nSPS) is 6.18. The minimum atomic E-state index is -0.346. The summed E-state index contributed by atoms with van der Waals surface area (Å²) in [4.78, 5) is 0. The Bertz CT molecular complexity index is 80.3. The van der Waals surface area contributed by atoms with Crippen LogP contribution in [0.5, 0.6) is 0 Å². The van der Waals surface area contributed by atoms with Crippen LogP contribution < -0.4 is 0 Å². The molecule has 0 fully saturated rings. The Morgan fingerprint density at radius 1 is 1.09 bits per heavy atom. The summed E-state index contributed by atoms with van der Waals surface area (Å²) in [5.41, 5.74) is 1.83. The van der Waals surface area contributed by atoms with Crippen molar-refractivity contribution in [1.29, 1.82) is 0 Å². The van der Waals surface area contributed by atoms with Gasteiger partial charge in [0.15, 0.2) is 0 Å². The molecule has 0 spiro atoms. The van der Waals surface area contributed by atoms with Crippen LogP contribution in [0.15, 0.2) is 24.3 Å². The van der Waals surface area contributed by atoms with Gasteiger partial charge in [-0.15, -0.1) is 0 Å². The van der Waals surface area contributed by atoms with E-state index in [-0.39, 0.29) is 15.1 Å². The molecule has 0 heterocycles. The summed E-state index contributed by atoms with van der Waals surface area (Å²) in [5, 5.41) is 0. The molecule has 0 N–H and O–H groups in total. The zero-order valence-electron chi connectivity index (χ0n) is 6.94. The van der Waals surface area contributed by atoms with Crippen molar-refractivity contribution in [2.75, 3.05) is 0 Å². The Morgan fingerprint density at radius 3 is 1.09 bits per heavy atom. The van der Waals surface area contributed by atoms with E-state index >= 15 is 0 Å². The van der Waals surface area contributed by atoms with Crippen LogP contribution in [0, 0.1) is 13.8 Å². The van der Waals surface area contributed by atoms with Crippen LogP contribution in [0.3, 0.4) is 0 Å². The molecule has 0 aromatic carbocycles. The fourth-order valence-electron chi connectivity index (χ4n) is 0. The molecule has 0 aliphatic carbocycles. The fourth-order valence-corrected chi connectivity index (χ4v) is 0. The molecule has 0 radical (unpaired) electrons. The molecule has 0 saturated carbocycles. The molecule has 0 rings (SSSR count). The summed E-state index contributed by atoms with van der Waals surface area (Å²) in [7, 11) is 9.71. The predicted molar refractivity (Wildman–Crippen MR) is 52.0 cm³/mol. The molecular weight excluding hydrogens is 268 g/mol. The van der Waals surface area contributed by atoms with Gasteiger partial charge in [0.1, 0.15) is 0 Å². The van der Waals surface area contributed by atoms with Gasteiger partial charge < -0.3 is 0 Å². The maximum absolute atomic E-state index is 4.85. The van der Waals surface area contributed by atoms with Gasteiger partial charge in [0, 0.05) is 0 Å².